The Morgan fingerprint density at radius 3 is 2.76 bits per heavy atom. The molecule has 1 aromatic heterocycles. The summed E-state index contributed by atoms with van der Waals surface area (Å²) < 4.78 is 0. The van der Waals surface area contributed by atoms with E-state index in [2.05, 4.69) is 22.0 Å². The number of amides is 1. The van der Waals surface area contributed by atoms with E-state index in [1.54, 1.807) is 12.4 Å². The van der Waals surface area contributed by atoms with Gasteiger partial charge in [-0.1, -0.05) is 12.2 Å². The molecule has 1 unspecified atom stereocenters. The van der Waals surface area contributed by atoms with E-state index in [0.29, 0.717) is 5.56 Å². The second-order valence-electron chi connectivity index (χ2n) is 5.98. The Balaban J connectivity index is 1.48. The highest BCUT2D eigenvalue weighted by Gasteiger charge is 2.23. The Hall–Kier alpha value is -1.68. The van der Waals surface area contributed by atoms with Crippen LogP contribution in [0, 0.1) is 5.92 Å². The van der Waals surface area contributed by atoms with Crippen LogP contribution in [0.25, 0.3) is 0 Å². The molecule has 0 N–H and O–H groups in total. The van der Waals surface area contributed by atoms with Crippen LogP contribution in [0.4, 0.5) is 0 Å². The molecule has 112 valence electrons. The van der Waals surface area contributed by atoms with Gasteiger partial charge in [0.25, 0.3) is 5.91 Å². The number of rotatable bonds is 3. The molecule has 2 aliphatic rings. The number of carbonyl (C=O) groups excluding carboxylic acids is 1. The zero-order valence-electron chi connectivity index (χ0n) is 12.4. The van der Waals surface area contributed by atoms with Crippen molar-refractivity contribution in [2.75, 3.05) is 32.7 Å². The molecule has 1 atom stereocenters. The molecule has 0 aromatic carbocycles. The quantitative estimate of drug-likeness (QED) is 0.799. The fourth-order valence-electron chi connectivity index (χ4n) is 3.19. The van der Waals surface area contributed by atoms with Crippen LogP contribution >= 0.6 is 0 Å². The summed E-state index contributed by atoms with van der Waals surface area (Å²) in [5, 5.41) is 0. The van der Waals surface area contributed by atoms with Crippen molar-refractivity contribution in [1.29, 1.82) is 0 Å². The summed E-state index contributed by atoms with van der Waals surface area (Å²) in [5.74, 6) is 0.916. The lowest BCUT2D eigenvalue weighted by molar-refractivity contribution is 0.0614. The lowest BCUT2D eigenvalue weighted by Gasteiger charge is -2.36. The minimum absolute atomic E-state index is 0.114. The molecule has 2 heterocycles. The predicted molar refractivity (Wildman–Crippen MR) is 83.1 cm³/mol. The van der Waals surface area contributed by atoms with Gasteiger partial charge >= 0.3 is 0 Å². The third kappa shape index (κ3) is 3.70. The number of piperazine rings is 1. The summed E-state index contributed by atoms with van der Waals surface area (Å²) in [5.41, 5.74) is 0.698. The lowest BCUT2D eigenvalue weighted by Crippen LogP contribution is -2.49. The van der Waals surface area contributed by atoms with Crippen molar-refractivity contribution < 1.29 is 4.79 Å². The van der Waals surface area contributed by atoms with Crippen molar-refractivity contribution in [2.45, 2.75) is 19.3 Å². The van der Waals surface area contributed by atoms with Crippen LogP contribution in [0.15, 0.2) is 36.7 Å². The monoisotopic (exact) mass is 285 g/mol. The van der Waals surface area contributed by atoms with Crippen molar-refractivity contribution in [3.63, 3.8) is 0 Å². The first-order valence-corrected chi connectivity index (χ1v) is 7.89. The number of allylic oxidation sites excluding steroid dienone is 2. The molecule has 1 amide bonds. The molecule has 1 saturated heterocycles. The van der Waals surface area contributed by atoms with E-state index in [1.807, 2.05) is 17.0 Å². The van der Waals surface area contributed by atoms with Gasteiger partial charge in [-0.2, -0.15) is 0 Å². The van der Waals surface area contributed by atoms with Crippen molar-refractivity contribution in [3.05, 3.63) is 42.2 Å². The third-order valence-electron chi connectivity index (χ3n) is 4.46. The van der Waals surface area contributed by atoms with E-state index in [1.165, 1.54) is 25.8 Å². The molecule has 0 saturated carbocycles. The molecule has 0 bridgehead atoms. The highest BCUT2D eigenvalue weighted by molar-refractivity contribution is 5.93. The molecule has 0 radical (unpaired) electrons. The maximum absolute atomic E-state index is 12.4. The number of hydrogen-bond donors (Lipinski definition) is 0. The van der Waals surface area contributed by atoms with E-state index in [-0.39, 0.29) is 5.91 Å². The van der Waals surface area contributed by atoms with Gasteiger partial charge < -0.3 is 4.90 Å². The number of nitrogens with zero attached hydrogens (tertiary/aromatic N) is 3. The van der Waals surface area contributed by atoms with Gasteiger partial charge in [0.2, 0.25) is 0 Å². The van der Waals surface area contributed by atoms with Crippen LogP contribution < -0.4 is 0 Å². The summed E-state index contributed by atoms with van der Waals surface area (Å²) >= 11 is 0. The van der Waals surface area contributed by atoms with Crippen molar-refractivity contribution in [2.24, 2.45) is 5.92 Å². The highest BCUT2D eigenvalue weighted by Crippen LogP contribution is 2.20. The molecule has 1 fully saturated rings. The fourth-order valence-corrected chi connectivity index (χ4v) is 3.19. The molecule has 1 aliphatic heterocycles. The van der Waals surface area contributed by atoms with Gasteiger partial charge in [0.15, 0.2) is 0 Å². The lowest BCUT2D eigenvalue weighted by atomic mass is 9.94. The van der Waals surface area contributed by atoms with Crippen LogP contribution in [0.3, 0.4) is 0 Å². The zero-order valence-corrected chi connectivity index (χ0v) is 12.4. The molecule has 1 aliphatic carbocycles. The maximum Gasteiger partial charge on any atom is 0.255 e. The summed E-state index contributed by atoms with van der Waals surface area (Å²) in [6.07, 6.45) is 11.7. The molecular formula is C17H23N3O. The topological polar surface area (TPSA) is 36.4 Å². The fraction of sp³-hybridized carbons (Fsp3) is 0.529. The summed E-state index contributed by atoms with van der Waals surface area (Å²) in [4.78, 5) is 20.8. The van der Waals surface area contributed by atoms with E-state index in [0.717, 1.165) is 32.1 Å². The van der Waals surface area contributed by atoms with Gasteiger partial charge in [0, 0.05) is 45.1 Å². The molecule has 0 spiro atoms. The highest BCUT2D eigenvalue weighted by atomic mass is 16.2. The van der Waals surface area contributed by atoms with E-state index >= 15 is 0 Å². The van der Waals surface area contributed by atoms with Crippen molar-refractivity contribution >= 4 is 5.91 Å². The summed E-state index contributed by atoms with van der Waals surface area (Å²) in [6, 6.07) is 3.66. The minimum Gasteiger partial charge on any atom is -0.336 e. The maximum atomic E-state index is 12.4. The van der Waals surface area contributed by atoms with Crippen LogP contribution in [-0.4, -0.2) is 53.4 Å². The molecule has 4 nitrogen and oxygen atoms in total. The van der Waals surface area contributed by atoms with Gasteiger partial charge in [-0.3, -0.25) is 14.7 Å². The average molecular weight is 285 g/mol. The van der Waals surface area contributed by atoms with E-state index in [9.17, 15) is 4.79 Å². The summed E-state index contributed by atoms with van der Waals surface area (Å²) in [6.45, 7) is 4.82. The Bertz CT molecular complexity index is 492. The first kappa shape index (κ1) is 14.3. The molecule has 4 heteroatoms. The van der Waals surface area contributed by atoms with E-state index < -0.39 is 0 Å². The normalized spacial score (nSPS) is 23.2. The number of hydrogen-bond acceptors (Lipinski definition) is 3. The van der Waals surface area contributed by atoms with Crippen molar-refractivity contribution in [3.8, 4) is 0 Å². The molecule has 21 heavy (non-hydrogen) atoms. The van der Waals surface area contributed by atoms with Gasteiger partial charge in [0.1, 0.15) is 0 Å². The van der Waals surface area contributed by atoms with Gasteiger partial charge in [-0.05, 0) is 37.3 Å². The Kier molecular flexibility index (Phi) is 4.65. The first-order chi connectivity index (χ1) is 10.3. The smallest absolute Gasteiger partial charge is 0.255 e. The third-order valence-corrected chi connectivity index (χ3v) is 4.46. The molecular weight excluding hydrogens is 262 g/mol. The van der Waals surface area contributed by atoms with Crippen LogP contribution in [0.1, 0.15) is 29.6 Å². The van der Waals surface area contributed by atoms with Crippen LogP contribution in [-0.2, 0) is 0 Å². The molecule has 1 aromatic rings. The van der Waals surface area contributed by atoms with Crippen LogP contribution in [0.2, 0.25) is 0 Å². The van der Waals surface area contributed by atoms with Gasteiger partial charge in [0.05, 0.1) is 5.56 Å². The Morgan fingerprint density at radius 2 is 2.10 bits per heavy atom. The number of aromatic nitrogens is 1. The average Bonchev–Trinajstić information content (AvgIpc) is 2.57. The van der Waals surface area contributed by atoms with Gasteiger partial charge in [-0.25, -0.2) is 0 Å². The molecule has 3 rings (SSSR count). The second-order valence-corrected chi connectivity index (χ2v) is 5.98. The Morgan fingerprint density at radius 1 is 1.24 bits per heavy atom. The van der Waals surface area contributed by atoms with E-state index in [4.69, 9.17) is 0 Å². The largest absolute Gasteiger partial charge is 0.336 e. The predicted octanol–water partition coefficient (Wildman–Crippen LogP) is 2.20. The minimum atomic E-state index is 0.114. The Labute approximate surface area is 126 Å². The van der Waals surface area contributed by atoms with Crippen LogP contribution in [0.5, 0.6) is 0 Å². The van der Waals surface area contributed by atoms with Gasteiger partial charge in [-0.15, -0.1) is 0 Å². The standard InChI is InChI=1S/C17H23N3O/c21-17(16-7-4-8-18-13-16)20-11-9-19(10-12-20)14-15-5-2-1-3-6-15/h1-2,4,7-8,13,15H,3,5-6,9-12,14H2. The van der Waals surface area contributed by atoms with Crippen molar-refractivity contribution in [1.82, 2.24) is 14.8 Å². The number of carbonyl (C=O) groups is 1. The first-order valence-electron chi connectivity index (χ1n) is 7.89. The SMILES string of the molecule is O=C(c1cccnc1)N1CCN(CC2CC=CCC2)CC1. The second kappa shape index (κ2) is 6.85. The zero-order chi connectivity index (χ0) is 14.5. The summed E-state index contributed by atoms with van der Waals surface area (Å²) in [7, 11) is 0. The number of pyridine rings is 1.